The first-order chi connectivity index (χ1) is 8.86. The summed E-state index contributed by atoms with van der Waals surface area (Å²) < 4.78 is 37.0. The van der Waals surface area contributed by atoms with E-state index < -0.39 is 17.8 Å². The minimum absolute atomic E-state index is 0.0339. The summed E-state index contributed by atoms with van der Waals surface area (Å²) in [7, 11) is 1.57. The zero-order valence-electron chi connectivity index (χ0n) is 9.83. The van der Waals surface area contributed by atoms with Crippen molar-refractivity contribution in [1.82, 2.24) is 25.2 Å². The highest BCUT2D eigenvalue weighted by atomic mass is 19.4. The van der Waals surface area contributed by atoms with Crippen LogP contribution in [0.2, 0.25) is 0 Å². The second kappa shape index (κ2) is 4.92. The van der Waals surface area contributed by atoms with Crippen molar-refractivity contribution in [3.8, 4) is 0 Å². The van der Waals surface area contributed by atoms with Crippen LogP contribution in [0.4, 0.5) is 13.2 Å². The first kappa shape index (κ1) is 13.4. The van der Waals surface area contributed by atoms with E-state index in [0.29, 0.717) is 6.20 Å². The standard InChI is InChI=1S/C10H10F3N5O/c1-18-16-9(15-17-18)4-8(19)7-3-2-6(5-14-7)10(11,12)13/h2-3,5,8,19H,4H2,1H3. The Morgan fingerprint density at radius 1 is 1.37 bits per heavy atom. The number of aliphatic hydroxyl groups is 1. The van der Waals surface area contributed by atoms with Gasteiger partial charge in [-0.05, 0) is 17.3 Å². The van der Waals surface area contributed by atoms with Crippen LogP contribution in [0.3, 0.4) is 0 Å². The molecule has 102 valence electrons. The van der Waals surface area contributed by atoms with Crippen LogP contribution in [0, 0.1) is 0 Å². The molecule has 0 saturated heterocycles. The molecule has 1 unspecified atom stereocenters. The van der Waals surface area contributed by atoms with Crippen molar-refractivity contribution < 1.29 is 18.3 Å². The van der Waals surface area contributed by atoms with Gasteiger partial charge in [-0.3, -0.25) is 4.98 Å². The molecule has 0 bridgehead atoms. The van der Waals surface area contributed by atoms with Crippen LogP contribution in [0.25, 0.3) is 0 Å². The largest absolute Gasteiger partial charge is 0.417 e. The van der Waals surface area contributed by atoms with Crippen LogP contribution in [0.15, 0.2) is 18.3 Å². The smallest absolute Gasteiger partial charge is 0.386 e. The third-order valence-electron chi connectivity index (χ3n) is 2.38. The van der Waals surface area contributed by atoms with E-state index in [1.165, 1.54) is 4.80 Å². The van der Waals surface area contributed by atoms with Crippen molar-refractivity contribution in [3.63, 3.8) is 0 Å². The lowest BCUT2D eigenvalue weighted by molar-refractivity contribution is -0.137. The lowest BCUT2D eigenvalue weighted by Crippen LogP contribution is -2.09. The number of alkyl halides is 3. The maximum absolute atomic E-state index is 12.3. The van der Waals surface area contributed by atoms with Gasteiger partial charge in [-0.15, -0.1) is 10.2 Å². The summed E-state index contributed by atoms with van der Waals surface area (Å²) in [5.41, 5.74) is -0.735. The van der Waals surface area contributed by atoms with E-state index in [-0.39, 0.29) is 17.9 Å². The first-order valence-electron chi connectivity index (χ1n) is 5.30. The van der Waals surface area contributed by atoms with E-state index in [4.69, 9.17) is 0 Å². The Balaban J connectivity index is 2.09. The average Bonchev–Trinajstić information content (AvgIpc) is 2.74. The van der Waals surface area contributed by atoms with E-state index in [1.54, 1.807) is 7.05 Å². The van der Waals surface area contributed by atoms with E-state index in [1.807, 2.05) is 0 Å². The molecule has 2 aromatic rings. The summed E-state index contributed by atoms with van der Waals surface area (Å²) in [5, 5.41) is 20.9. The SMILES string of the molecule is Cn1nnc(CC(O)c2ccc(C(F)(F)F)cn2)n1. The summed E-state index contributed by atoms with van der Waals surface area (Å²) in [6, 6.07) is 2.00. The molecular formula is C10H10F3N5O. The lowest BCUT2D eigenvalue weighted by Gasteiger charge is -2.10. The highest BCUT2D eigenvalue weighted by Crippen LogP contribution is 2.29. The first-order valence-corrected chi connectivity index (χ1v) is 5.30. The number of aliphatic hydroxyl groups excluding tert-OH is 1. The number of tetrazole rings is 1. The molecule has 0 saturated carbocycles. The van der Waals surface area contributed by atoms with Gasteiger partial charge in [0.15, 0.2) is 5.82 Å². The van der Waals surface area contributed by atoms with Crippen molar-refractivity contribution in [1.29, 1.82) is 0 Å². The van der Waals surface area contributed by atoms with Gasteiger partial charge in [0.1, 0.15) is 6.10 Å². The van der Waals surface area contributed by atoms with Crippen LogP contribution in [0.1, 0.15) is 23.2 Å². The van der Waals surface area contributed by atoms with Gasteiger partial charge in [0.25, 0.3) is 0 Å². The Kier molecular flexibility index (Phi) is 3.47. The van der Waals surface area contributed by atoms with E-state index in [2.05, 4.69) is 20.4 Å². The molecule has 0 aliphatic heterocycles. The third kappa shape index (κ3) is 3.25. The van der Waals surface area contributed by atoms with Gasteiger partial charge in [-0.25, -0.2) is 0 Å². The molecule has 0 amide bonds. The molecule has 0 radical (unpaired) electrons. The van der Waals surface area contributed by atoms with Crippen LogP contribution in [0.5, 0.6) is 0 Å². The molecule has 0 spiro atoms. The van der Waals surface area contributed by atoms with Crippen LogP contribution in [-0.2, 0) is 19.6 Å². The Bertz CT molecular complexity index is 551. The van der Waals surface area contributed by atoms with Gasteiger partial charge in [-0.1, -0.05) is 0 Å². The van der Waals surface area contributed by atoms with Gasteiger partial charge >= 0.3 is 6.18 Å². The number of halogens is 3. The number of aryl methyl sites for hydroxylation is 1. The summed E-state index contributed by atoms with van der Waals surface area (Å²) in [4.78, 5) is 4.82. The Labute approximate surface area is 105 Å². The normalized spacial score (nSPS) is 13.5. The van der Waals surface area contributed by atoms with Gasteiger partial charge in [0, 0.05) is 12.6 Å². The zero-order valence-corrected chi connectivity index (χ0v) is 9.83. The van der Waals surface area contributed by atoms with Crippen LogP contribution < -0.4 is 0 Å². The second-order valence-corrected chi connectivity index (χ2v) is 3.88. The molecule has 0 aliphatic carbocycles. The molecule has 0 aliphatic rings. The summed E-state index contributed by atoms with van der Waals surface area (Å²) >= 11 is 0. The minimum Gasteiger partial charge on any atom is -0.386 e. The minimum atomic E-state index is -4.44. The van der Waals surface area contributed by atoms with E-state index in [9.17, 15) is 18.3 Å². The van der Waals surface area contributed by atoms with Crippen LogP contribution >= 0.6 is 0 Å². The van der Waals surface area contributed by atoms with Crippen molar-refractivity contribution in [2.45, 2.75) is 18.7 Å². The Morgan fingerprint density at radius 3 is 2.58 bits per heavy atom. The molecule has 0 fully saturated rings. The average molecular weight is 273 g/mol. The number of hydrogen-bond acceptors (Lipinski definition) is 5. The highest BCUT2D eigenvalue weighted by Gasteiger charge is 2.31. The fourth-order valence-corrected chi connectivity index (χ4v) is 1.45. The summed E-state index contributed by atoms with van der Waals surface area (Å²) in [5.74, 6) is 0.289. The molecule has 2 heterocycles. The molecular weight excluding hydrogens is 263 g/mol. The molecule has 19 heavy (non-hydrogen) atoms. The molecule has 1 atom stereocenters. The Morgan fingerprint density at radius 2 is 2.11 bits per heavy atom. The van der Waals surface area contributed by atoms with Gasteiger partial charge in [0.2, 0.25) is 0 Å². The third-order valence-corrected chi connectivity index (χ3v) is 2.38. The quantitative estimate of drug-likeness (QED) is 0.899. The van der Waals surface area contributed by atoms with Crippen molar-refractivity contribution in [2.75, 3.05) is 0 Å². The fourth-order valence-electron chi connectivity index (χ4n) is 1.45. The molecule has 6 nitrogen and oxygen atoms in total. The molecule has 0 aromatic carbocycles. The molecule has 2 aromatic heterocycles. The fraction of sp³-hybridized carbons (Fsp3) is 0.400. The maximum Gasteiger partial charge on any atom is 0.417 e. The Hall–Kier alpha value is -2.03. The van der Waals surface area contributed by atoms with Crippen molar-refractivity contribution in [2.24, 2.45) is 7.05 Å². The van der Waals surface area contributed by atoms with Gasteiger partial charge < -0.3 is 5.11 Å². The van der Waals surface area contributed by atoms with Crippen molar-refractivity contribution in [3.05, 3.63) is 35.4 Å². The molecule has 9 heteroatoms. The number of nitrogens with zero attached hydrogens (tertiary/aromatic N) is 5. The second-order valence-electron chi connectivity index (χ2n) is 3.88. The van der Waals surface area contributed by atoms with Crippen molar-refractivity contribution >= 4 is 0 Å². The maximum atomic E-state index is 12.3. The number of pyridine rings is 1. The van der Waals surface area contributed by atoms with Gasteiger partial charge in [-0.2, -0.15) is 18.0 Å². The highest BCUT2D eigenvalue weighted by molar-refractivity contribution is 5.18. The predicted octanol–water partition coefficient (Wildman–Crippen LogP) is 0.900. The summed E-state index contributed by atoms with van der Waals surface area (Å²) in [6.07, 6.45) is -4.80. The predicted molar refractivity (Wildman–Crippen MR) is 56.7 cm³/mol. The number of aromatic nitrogens is 5. The van der Waals surface area contributed by atoms with E-state index in [0.717, 1.165) is 12.1 Å². The number of hydrogen-bond donors (Lipinski definition) is 1. The van der Waals surface area contributed by atoms with Gasteiger partial charge in [0.05, 0.1) is 18.3 Å². The topological polar surface area (TPSA) is 76.7 Å². The molecule has 2 rings (SSSR count). The lowest BCUT2D eigenvalue weighted by atomic mass is 10.1. The monoisotopic (exact) mass is 273 g/mol. The summed E-state index contributed by atoms with van der Waals surface area (Å²) in [6.45, 7) is 0. The number of rotatable bonds is 3. The van der Waals surface area contributed by atoms with Crippen LogP contribution in [-0.4, -0.2) is 30.3 Å². The van der Waals surface area contributed by atoms with E-state index >= 15 is 0 Å². The zero-order chi connectivity index (χ0) is 14.0. The molecule has 1 N–H and O–H groups in total.